The predicted octanol–water partition coefficient (Wildman–Crippen LogP) is 4.78. The van der Waals surface area contributed by atoms with Crippen LogP contribution < -0.4 is 10.1 Å². The van der Waals surface area contributed by atoms with Gasteiger partial charge in [0, 0.05) is 17.6 Å². The van der Waals surface area contributed by atoms with Crippen LogP contribution in [0, 0.1) is 0 Å². The van der Waals surface area contributed by atoms with Gasteiger partial charge in [0.2, 0.25) is 0 Å². The Hall–Kier alpha value is -2.80. The van der Waals surface area contributed by atoms with Crippen molar-refractivity contribution in [2.24, 2.45) is 0 Å². The Labute approximate surface area is 178 Å². The first kappa shape index (κ1) is 20.9. The zero-order valence-electron chi connectivity index (χ0n) is 16.4. The van der Waals surface area contributed by atoms with E-state index in [-0.39, 0.29) is 12.6 Å². The Balaban J connectivity index is 2.02. The molecule has 1 aliphatic rings. The molecule has 2 aromatic carbocycles. The quantitative estimate of drug-likeness (QED) is 0.478. The van der Waals surface area contributed by atoms with Gasteiger partial charge in [-0.3, -0.25) is 4.90 Å². The van der Waals surface area contributed by atoms with Crippen LogP contribution in [-0.2, 0) is 9.53 Å². The van der Waals surface area contributed by atoms with Gasteiger partial charge in [-0.1, -0.05) is 46.3 Å². The monoisotopic (exact) mass is 458 g/mol. The van der Waals surface area contributed by atoms with Crippen molar-refractivity contribution in [3.8, 4) is 11.5 Å². The lowest BCUT2D eigenvalue weighted by atomic mass is 9.94. The van der Waals surface area contributed by atoms with Gasteiger partial charge in [-0.15, -0.1) is 0 Å². The van der Waals surface area contributed by atoms with E-state index in [1.54, 1.807) is 11.8 Å². The number of rotatable bonds is 7. The lowest BCUT2D eigenvalue weighted by Gasteiger charge is -2.35. The highest BCUT2D eigenvalue weighted by Gasteiger charge is 2.37. The maximum atomic E-state index is 12.8. The molecule has 1 aliphatic heterocycles. The van der Waals surface area contributed by atoms with Crippen molar-refractivity contribution < 1.29 is 19.1 Å². The lowest BCUT2D eigenvalue weighted by molar-refractivity contribution is -0.139. The van der Waals surface area contributed by atoms with E-state index in [1.807, 2.05) is 61.5 Å². The molecule has 0 spiro atoms. The maximum Gasteiger partial charge on any atom is 0.338 e. The van der Waals surface area contributed by atoms with Crippen molar-refractivity contribution in [1.29, 1.82) is 0 Å². The fraction of sp³-hybridized carbons (Fsp3) is 0.273. The Bertz CT molecular complexity index is 914. The smallest absolute Gasteiger partial charge is 0.338 e. The Morgan fingerprint density at radius 1 is 1.10 bits per heavy atom. The highest BCUT2D eigenvalue weighted by molar-refractivity contribution is 9.09. The average Bonchev–Trinajstić information content (AvgIpc) is 2.74. The standard InChI is InChI=1S/C22H23BrN2O4/c1-3-25-18(14-23)19(21(26)28-4-2)20(24-22(25)27)15-9-8-12-17(13-15)29-16-10-6-5-7-11-16/h5-13,20H,3-4,14H2,1-2H3,(H,24,27). The molecular weight excluding hydrogens is 436 g/mol. The summed E-state index contributed by atoms with van der Waals surface area (Å²) in [7, 11) is 0. The second-order valence-corrected chi connectivity index (χ2v) is 6.89. The Morgan fingerprint density at radius 3 is 2.48 bits per heavy atom. The van der Waals surface area contributed by atoms with Crippen LogP contribution in [0.4, 0.5) is 4.79 Å². The van der Waals surface area contributed by atoms with Gasteiger partial charge in [-0.05, 0) is 43.7 Å². The number of halogens is 1. The van der Waals surface area contributed by atoms with Crippen LogP contribution in [0.5, 0.6) is 11.5 Å². The van der Waals surface area contributed by atoms with Gasteiger partial charge in [0.15, 0.2) is 0 Å². The normalized spacial score (nSPS) is 16.4. The van der Waals surface area contributed by atoms with Crippen molar-refractivity contribution in [2.75, 3.05) is 18.5 Å². The van der Waals surface area contributed by atoms with Crippen molar-refractivity contribution >= 4 is 27.9 Å². The van der Waals surface area contributed by atoms with Crippen LogP contribution in [0.25, 0.3) is 0 Å². The minimum absolute atomic E-state index is 0.252. The molecule has 7 heteroatoms. The Kier molecular flexibility index (Phi) is 6.93. The summed E-state index contributed by atoms with van der Waals surface area (Å²) in [5.41, 5.74) is 1.76. The number of carbonyl (C=O) groups is 2. The molecular formula is C22H23BrN2O4. The van der Waals surface area contributed by atoms with E-state index in [2.05, 4.69) is 21.2 Å². The average molecular weight is 459 g/mol. The zero-order chi connectivity index (χ0) is 20.8. The van der Waals surface area contributed by atoms with E-state index in [4.69, 9.17) is 9.47 Å². The summed E-state index contributed by atoms with van der Waals surface area (Å²) in [6, 6.07) is 15.9. The third-order valence-electron chi connectivity index (χ3n) is 4.55. The van der Waals surface area contributed by atoms with Gasteiger partial charge in [0.25, 0.3) is 0 Å². The number of benzene rings is 2. The Morgan fingerprint density at radius 2 is 1.83 bits per heavy atom. The number of nitrogens with zero attached hydrogens (tertiary/aromatic N) is 1. The van der Waals surface area contributed by atoms with Crippen molar-refractivity contribution in [2.45, 2.75) is 19.9 Å². The summed E-state index contributed by atoms with van der Waals surface area (Å²) in [6.45, 7) is 4.32. The van der Waals surface area contributed by atoms with Crippen LogP contribution in [0.1, 0.15) is 25.5 Å². The first-order valence-electron chi connectivity index (χ1n) is 9.46. The SMILES string of the molecule is CCOC(=O)C1=C(CBr)N(CC)C(=O)NC1c1cccc(Oc2ccccc2)c1. The van der Waals surface area contributed by atoms with Gasteiger partial charge >= 0.3 is 12.0 Å². The van der Waals surface area contributed by atoms with Crippen molar-refractivity contribution in [1.82, 2.24) is 10.2 Å². The number of ether oxygens (including phenoxy) is 2. The van der Waals surface area contributed by atoms with Gasteiger partial charge in [0.1, 0.15) is 11.5 Å². The number of carbonyl (C=O) groups excluding carboxylic acids is 2. The van der Waals surface area contributed by atoms with Gasteiger partial charge in [-0.25, -0.2) is 9.59 Å². The number of urea groups is 1. The molecule has 1 N–H and O–H groups in total. The fourth-order valence-corrected chi connectivity index (χ4v) is 3.87. The highest BCUT2D eigenvalue weighted by atomic mass is 79.9. The number of esters is 1. The summed E-state index contributed by atoms with van der Waals surface area (Å²) < 4.78 is 11.2. The summed E-state index contributed by atoms with van der Waals surface area (Å²) in [6.07, 6.45) is 0. The zero-order valence-corrected chi connectivity index (χ0v) is 17.9. The van der Waals surface area contributed by atoms with E-state index < -0.39 is 12.0 Å². The number of hydrogen-bond donors (Lipinski definition) is 1. The van der Waals surface area contributed by atoms with Crippen LogP contribution in [-0.4, -0.2) is 35.4 Å². The number of alkyl halides is 1. The van der Waals surface area contributed by atoms with E-state index in [9.17, 15) is 9.59 Å². The van der Waals surface area contributed by atoms with E-state index in [1.165, 1.54) is 0 Å². The van der Waals surface area contributed by atoms with Gasteiger partial charge in [-0.2, -0.15) is 0 Å². The second kappa shape index (κ2) is 9.60. The number of allylic oxidation sites excluding steroid dienone is 1. The van der Waals surface area contributed by atoms with Gasteiger partial charge < -0.3 is 14.8 Å². The molecule has 1 unspecified atom stereocenters. The molecule has 0 radical (unpaired) electrons. The van der Waals surface area contributed by atoms with Crippen LogP contribution in [0.3, 0.4) is 0 Å². The molecule has 2 aromatic rings. The summed E-state index contributed by atoms with van der Waals surface area (Å²) in [5.74, 6) is 0.876. The fourth-order valence-electron chi connectivity index (χ4n) is 3.26. The predicted molar refractivity (Wildman–Crippen MR) is 114 cm³/mol. The number of hydrogen-bond acceptors (Lipinski definition) is 4. The minimum Gasteiger partial charge on any atom is -0.463 e. The van der Waals surface area contributed by atoms with Gasteiger partial charge in [0.05, 0.1) is 18.2 Å². The van der Waals surface area contributed by atoms with E-state index in [0.29, 0.717) is 34.6 Å². The summed E-state index contributed by atoms with van der Waals surface area (Å²) in [4.78, 5) is 27.0. The van der Waals surface area contributed by atoms with Crippen molar-refractivity contribution in [3.05, 3.63) is 71.4 Å². The molecule has 0 aromatic heterocycles. The van der Waals surface area contributed by atoms with Crippen LogP contribution in [0.2, 0.25) is 0 Å². The first-order chi connectivity index (χ1) is 14.1. The number of amides is 2. The molecule has 1 heterocycles. The molecule has 2 amide bonds. The molecule has 0 saturated heterocycles. The topological polar surface area (TPSA) is 67.9 Å². The third-order valence-corrected chi connectivity index (χ3v) is 5.08. The first-order valence-corrected chi connectivity index (χ1v) is 10.6. The van der Waals surface area contributed by atoms with E-state index in [0.717, 1.165) is 5.56 Å². The molecule has 0 saturated carbocycles. The van der Waals surface area contributed by atoms with E-state index >= 15 is 0 Å². The summed E-state index contributed by atoms with van der Waals surface area (Å²) in [5, 5.41) is 3.29. The third kappa shape index (κ3) is 4.62. The van der Waals surface area contributed by atoms with Crippen LogP contribution in [0.15, 0.2) is 65.9 Å². The molecule has 0 bridgehead atoms. The number of nitrogens with one attached hydrogen (secondary N) is 1. The molecule has 6 nitrogen and oxygen atoms in total. The molecule has 3 rings (SSSR count). The molecule has 152 valence electrons. The van der Waals surface area contributed by atoms with Crippen molar-refractivity contribution in [3.63, 3.8) is 0 Å². The lowest BCUT2D eigenvalue weighted by Crippen LogP contribution is -2.48. The highest BCUT2D eigenvalue weighted by Crippen LogP contribution is 2.34. The summed E-state index contributed by atoms with van der Waals surface area (Å²) >= 11 is 3.43. The molecule has 1 atom stereocenters. The molecule has 0 fully saturated rings. The second-order valence-electron chi connectivity index (χ2n) is 6.33. The molecule has 0 aliphatic carbocycles. The van der Waals surface area contributed by atoms with Crippen LogP contribution >= 0.6 is 15.9 Å². The minimum atomic E-state index is -0.628. The largest absolute Gasteiger partial charge is 0.463 e. The molecule has 29 heavy (non-hydrogen) atoms. The number of para-hydroxylation sites is 1. The maximum absolute atomic E-state index is 12.8.